The predicted molar refractivity (Wildman–Crippen MR) is 102 cm³/mol. The Morgan fingerprint density at radius 3 is 2.42 bits per heavy atom. The van der Waals surface area contributed by atoms with Gasteiger partial charge in [-0.2, -0.15) is 0 Å². The number of rotatable bonds is 8. The molecule has 2 atom stereocenters. The second kappa shape index (κ2) is 9.81. The Labute approximate surface area is 169 Å². The van der Waals surface area contributed by atoms with Crippen LogP contribution >= 0.6 is 34.8 Å². The van der Waals surface area contributed by atoms with Gasteiger partial charge in [-0.05, 0) is 25.2 Å². The summed E-state index contributed by atoms with van der Waals surface area (Å²) in [6.07, 6.45) is 2.21. The smallest absolute Gasteiger partial charge is 0.257 e. The first kappa shape index (κ1) is 23.1. The van der Waals surface area contributed by atoms with Crippen molar-refractivity contribution in [2.24, 2.45) is 5.92 Å². The molecule has 1 aliphatic rings. The van der Waals surface area contributed by atoms with E-state index < -0.39 is 27.7 Å². The molecule has 0 unspecified atom stereocenters. The molecule has 9 heteroatoms. The summed E-state index contributed by atoms with van der Waals surface area (Å²) in [5.74, 6) is -0.662. The molecule has 0 aromatic rings. The summed E-state index contributed by atoms with van der Waals surface area (Å²) in [4.78, 5) is 38.4. The van der Waals surface area contributed by atoms with Gasteiger partial charge in [0.05, 0.1) is 13.2 Å². The second-order valence-electron chi connectivity index (χ2n) is 6.57. The Morgan fingerprint density at radius 1 is 1.35 bits per heavy atom. The van der Waals surface area contributed by atoms with E-state index in [2.05, 4.69) is 5.32 Å². The zero-order valence-corrected chi connectivity index (χ0v) is 17.6. The largest absolute Gasteiger partial charge is 0.499 e. The maximum absolute atomic E-state index is 13.0. The number of hydrogen-bond acceptors (Lipinski definition) is 4. The molecule has 0 saturated carbocycles. The van der Waals surface area contributed by atoms with E-state index in [0.29, 0.717) is 12.2 Å². The van der Waals surface area contributed by atoms with Crippen LogP contribution in [0.4, 0.5) is 0 Å². The van der Waals surface area contributed by atoms with E-state index >= 15 is 0 Å². The van der Waals surface area contributed by atoms with E-state index in [0.717, 1.165) is 4.90 Å². The molecular weight excluding hydrogens is 403 g/mol. The fourth-order valence-electron chi connectivity index (χ4n) is 2.72. The number of alkyl halides is 3. The van der Waals surface area contributed by atoms with E-state index in [1.807, 2.05) is 13.8 Å². The minimum Gasteiger partial charge on any atom is -0.499 e. The van der Waals surface area contributed by atoms with Gasteiger partial charge in [0, 0.05) is 12.5 Å². The third-order valence-electron chi connectivity index (χ3n) is 3.98. The standard InChI is InChI=1S/C17H25Cl3N2O4/c1-5-14(23)21-11(6-7-17(18,19)20)16(25)22-12(8-10(2)3)13(26-4)9-15(22)24/h9-12H,5-8H2,1-4H3,(H,21,23)/t11-,12+/m1/s1. The van der Waals surface area contributed by atoms with Gasteiger partial charge in [-0.15, -0.1) is 0 Å². The number of imide groups is 1. The zero-order valence-electron chi connectivity index (χ0n) is 15.4. The Kier molecular flexibility index (Phi) is 8.70. The van der Waals surface area contributed by atoms with E-state index in [9.17, 15) is 14.4 Å². The first-order valence-electron chi connectivity index (χ1n) is 8.48. The van der Waals surface area contributed by atoms with Crippen molar-refractivity contribution in [1.82, 2.24) is 10.2 Å². The van der Waals surface area contributed by atoms with Crippen molar-refractivity contribution in [3.05, 3.63) is 11.8 Å². The Balaban J connectivity index is 3.05. The molecule has 1 rings (SSSR count). The van der Waals surface area contributed by atoms with Crippen LogP contribution in [0.5, 0.6) is 0 Å². The first-order valence-corrected chi connectivity index (χ1v) is 9.62. The molecule has 0 fully saturated rings. The Morgan fingerprint density at radius 2 is 1.96 bits per heavy atom. The number of carbonyl (C=O) groups excluding carboxylic acids is 3. The first-order chi connectivity index (χ1) is 12.0. The molecule has 0 aliphatic carbocycles. The quantitative estimate of drug-likeness (QED) is 0.603. The maximum atomic E-state index is 13.0. The Bertz CT molecular complexity index is 573. The van der Waals surface area contributed by atoms with Crippen molar-refractivity contribution < 1.29 is 19.1 Å². The average molecular weight is 428 g/mol. The van der Waals surface area contributed by atoms with Gasteiger partial charge < -0.3 is 10.1 Å². The molecular formula is C17H25Cl3N2O4. The number of hydrogen-bond donors (Lipinski definition) is 1. The van der Waals surface area contributed by atoms with Gasteiger partial charge in [0.25, 0.3) is 11.8 Å². The van der Waals surface area contributed by atoms with Crippen LogP contribution in [0.2, 0.25) is 0 Å². The van der Waals surface area contributed by atoms with Crippen molar-refractivity contribution in [2.75, 3.05) is 7.11 Å². The Hall–Kier alpha value is -0.980. The summed E-state index contributed by atoms with van der Waals surface area (Å²) in [5.41, 5.74) is 0. The highest BCUT2D eigenvalue weighted by molar-refractivity contribution is 6.67. The minimum atomic E-state index is -1.56. The van der Waals surface area contributed by atoms with Crippen LogP contribution in [0.25, 0.3) is 0 Å². The van der Waals surface area contributed by atoms with Crippen LogP contribution < -0.4 is 5.32 Å². The minimum absolute atomic E-state index is 0.0551. The van der Waals surface area contributed by atoms with Crippen LogP contribution in [0.1, 0.15) is 46.5 Å². The lowest BCUT2D eigenvalue weighted by Gasteiger charge is -2.30. The van der Waals surface area contributed by atoms with Crippen LogP contribution in [0.15, 0.2) is 11.8 Å². The van der Waals surface area contributed by atoms with Gasteiger partial charge >= 0.3 is 0 Å². The van der Waals surface area contributed by atoms with E-state index in [-0.39, 0.29) is 31.1 Å². The lowest BCUT2D eigenvalue weighted by Crippen LogP contribution is -2.52. The van der Waals surface area contributed by atoms with Crippen molar-refractivity contribution in [2.45, 2.75) is 62.3 Å². The number of methoxy groups -OCH3 is 1. The van der Waals surface area contributed by atoms with E-state index in [4.69, 9.17) is 39.5 Å². The average Bonchev–Trinajstić information content (AvgIpc) is 2.84. The summed E-state index contributed by atoms with van der Waals surface area (Å²) in [6, 6.07) is -1.46. The molecule has 0 radical (unpaired) electrons. The highest BCUT2D eigenvalue weighted by Crippen LogP contribution is 2.33. The second-order valence-corrected chi connectivity index (χ2v) is 9.09. The maximum Gasteiger partial charge on any atom is 0.257 e. The van der Waals surface area contributed by atoms with Gasteiger partial charge in [0.2, 0.25) is 5.91 Å². The van der Waals surface area contributed by atoms with Gasteiger partial charge in [0.15, 0.2) is 3.79 Å². The van der Waals surface area contributed by atoms with Crippen molar-refractivity contribution in [1.29, 1.82) is 0 Å². The van der Waals surface area contributed by atoms with Crippen LogP contribution in [0, 0.1) is 5.92 Å². The fraction of sp³-hybridized carbons (Fsp3) is 0.706. The molecule has 26 heavy (non-hydrogen) atoms. The number of amides is 3. The summed E-state index contributed by atoms with van der Waals surface area (Å²) in [7, 11) is 1.46. The third-order valence-corrected chi connectivity index (χ3v) is 4.55. The van der Waals surface area contributed by atoms with Crippen LogP contribution in [-0.4, -0.2) is 45.6 Å². The highest BCUT2D eigenvalue weighted by Gasteiger charge is 2.41. The van der Waals surface area contributed by atoms with Crippen molar-refractivity contribution in [3.8, 4) is 0 Å². The molecule has 6 nitrogen and oxygen atoms in total. The molecule has 1 aliphatic heterocycles. The summed E-state index contributed by atoms with van der Waals surface area (Å²) in [6.45, 7) is 5.63. The SMILES string of the molecule is CCC(=O)N[C@H](CCC(Cl)(Cl)Cl)C(=O)N1C(=O)C=C(OC)[C@@H]1CC(C)C. The summed E-state index contributed by atoms with van der Waals surface area (Å²) >= 11 is 17.3. The molecule has 0 aromatic heterocycles. The molecule has 0 saturated heterocycles. The van der Waals surface area contributed by atoms with Crippen molar-refractivity contribution >= 4 is 52.5 Å². The number of nitrogens with one attached hydrogen (secondary N) is 1. The lowest BCUT2D eigenvalue weighted by atomic mass is 10.0. The van der Waals surface area contributed by atoms with Crippen LogP contribution in [-0.2, 0) is 19.1 Å². The number of nitrogens with zero attached hydrogens (tertiary/aromatic N) is 1. The predicted octanol–water partition coefficient (Wildman–Crippen LogP) is 3.35. The highest BCUT2D eigenvalue weighted by atomic mass is 35.6. The van der Waals surface area contributed by atoms with Gasteiger partial charge in [-0.25, -0.2) is 0 Å². The van der Waals surface area contributed by atoms with E-state index in [1.54, 1.807) is 6.92 Å². The van der Waals surface area contributed by atoms with Crippen molar-refractivity contribution in [3.63, 3.8) is 0 Å². The van der Waals surface area contributed by atoms with Crippen LogP contribution in [0.3, 0.4) is 0 Å². The third kappa shape index (κ3) is 6.63. The van der Waals surface area contributed by atoms with Gasteiger partial charge in [0.1, 0.15) is 11.8 Å². The number of halogens is 3. The molecule has 0 aromatic carbocycles. The topological polar surface area (TPSA) is 75.7 Å². The molecule has 0 bridgehead atoms. The molecule has 3 amide bonds. The molecule has 1 N–H and O–H groups in total. The van der Waals surface area contributed by atoms with Gasteiger partial charge in [-0.3, -0.25) is 19.3 Å². The molecule has 0 spiro atoms. The number of ether oxygens (including phenoxy) is 1. The summed E-state index contributed by atoms with van der Waals surface area (Å²) in [5, 5.41) is 2.62. The van der Waals surface area contributed by atoms with E-state index in [1.165, 1.54) is 13.2 Å². The molecule has 148 valence electrons. The lowest BCUT2D eigenvalue weighted by molar-refractivity contribution is -0.146. The summed E-state index contributed by atoms with van der Waals surface area (Å²) < 4.78 is 3.71. The van der Waals surface area contributed by atoms with Gasteiger partial charge in [-0.1, -0.05) is 55.6 Å². The zero-order chi connectivity index (χ0) is 20.1. The number of carbonyl (C=O) groups is 3. The fourth-order valence-corrected chi connectivity index (χ4v) is 3.05. The normalized spacial score (nSPS) is 18.8. The monoisotopic (exact) mass is 426 g/mol. The molecule has 1 heterocycles.